The highest BCUT2D eigenvalue weighted by Gasteiger charge is 2.17. The Morgan fingerprint density at radius 2 is 1.45 bits per heavy atom. The molecule has 0 spiro atoms. The highest BCUT2D eigenvalue weighted by molar-refractivity contribution is 7.16. The van der Waals surface area contributed by atoms with E-state index in [4.69, 9.17) is 4.98 Å². The third kappa shape index (κ3) is 3.83. The molecule has 3 aromatic carbocycles. The van der Waals surface area contributed by atoms with Gasteiger partial charge in [-0.15, -0.1) is 11.3 Å². The van der Waals surface area contributed by atoms with Crippen molar-refractivity contribution in [2.45, 2.75) is 6.92 Å². The Bertz CT molecular complexity index is 1380. The van der Waals surface area contributed by atoms with Gasteiger partial charge < -0.3 is 0 Å². The minimum atomic E-state index is -0.191. The maximum absolute atomic E-state index is 13.3. The molecule has 0 aliphatic rings. The molecule has 5 aromatic rings. The van der Waals surface area contributed by atoms with Gasteiger partial charge in [0, 0.05) is 21.4 Å². The molecule has 0 fully saturated rings. The number of rotatable bonds is 4. The summed E-state index contributed by atoms with van der Waals surface area (Å²) in [5, 5.41) is 4.40. The summed E-state index contributed by atoms with van der Waals surface area (Å²) in [6.07, 6.45) is 0. The van der Waals surface area contributed by atoms with Crippen LogP contribution in [-0.4, -0.2) is 15.9 Å². The summed E-state index contributed by atoms with van der Waals surface area (Å²) < 4.78 is 0. The number of fused-ring (bicyclic) bond motifs is 1. The number of hydrogen-bond acceptors (Lipinski definition) is 4. The summed E-state index contributed by atoms with van der Waals surface area (Å²) in [5.41, 5.74) is 5.04. The van der Waals surface area contributed by atoms with Gasteiger partial charge in [-0.05, 0) is 19.1 Å². The van der Waals surface area contributed by atoms with Gasteiger partial charge in [0.25, 0.3) is 5.91 Å². The molecule has 31 heavy (non-hydrogen) atoms. The molecular formula is C26H19N3OS. The number of nitrogens with one attached hydrogen (secondary N) is 1. The number of aromatic nitrogens is 2. The van der Waals surface area contributed by atoms with E-state index in [2.05, 4.69) is 10.3 Å². The smallest absolute Gasteiger partial charge is 0.258 e. The number of aryl methyl sites for hydroxylation is 1. The minimum Gasteiger partial charge on any atom is -0.298 e. The number of pyridine rings is 1. The van der Waals surface area contributed by atoms with Crippen molar-refractivity contribution in [1.82, 2.24) is 9.97 Å². The zero-order chi connectivity index (χ0) is 21.2. The second-order valence-electron chi connectivity index (χ2n) is 7.18. The Labute approximate surface area is 184 Å². The maximum atomic E-state index is 13.3. The molecule has 1 N–H and O–H groups in total. The van der Waals surface area contributed by atoms with Crippen LogP contribution in [0.15, 0.2) is 91.0 Å². The standard InChI is InChI=1S/C26H19N3OS/c1-17-24(19-12-6-3-7-13-19)28-26(31-17)29-25(30)21-16-23(18-10-4-2-5-11-18)27-22-15-9-8-14-20(21)22/h2-16H,1H3,(H,28,29,30). The maximum Gasteiger partial charge on any atom is 0.258 e. The monoisotopic (exact) mass is 421 g/mol. The average molecular weight is 422 g/mol. The molecule has 150 valence electrons. The van der Waals surface area contributed by atoms with Gasteiger partial charge in [0.05, 0.1) is 22.5 Å². The van der Waals surface area contributed by atoms with Crippen LogP contribution >= 0.6 is 11.3 Å². The van der Waals surface area contributed by atoms with E-state index in [1.54, 1.807) is 0 Å². The second-order valence-corrected chi connectivity index (χ2v) is 8.39. The summed E-state index contributed by atoms with van der Waals surface area (Å²) in [7, 11) is 0. The summed E-state index contributed by atoms with van der Waals surface area (Å²) in [6, 6.07) is 29.5. The van der Waals surface area contributed by atoms with E-state index in [1.165, 1.54) is 11.3 Å². The molecule has 5 heteroatoms. The zero-order valence-corrected chi connectivity index (χ0v) is 17.7. The van der Waals surface area contributed by atoms with E-state index in [-0.39, 0.29) is 5.91 Å². The molecule has 0 radical (unpaired) electrons. The first-order valence-corrected chi connectivity index (χ1v) is 10.8. The number of thiazole rings is 1. The topological polar surface area (TPSA) is 54.9 Å². The Hall–Kier alpha value is -3.83. The van der Waals surface area contributed by atoms with Crippen LogP contribution in [0.3, 0.4) is 0 Å². The second kappa shape index (κ2) is 8.13. The molecule has 2 aromatic heterocycles. The summed E-state index contributed by atoms with van der Waals surface area (Å²) in [5.74, 6) is -0.191. The zero-order valence-electron chi connectivity index (χ0n) is 16.9. The van der Waals surface area contributed by atoms with E-state index >= 15 is 0 Å². The Balaban J connectivity index is 1.53. The summed E-state index contributed by atoms with van der Waals surface area (Å²) in [4.78, 5) is 23.8. The molecular weight excluding hydrogens is 402 g/mol. The minimum absolute atomic E-state index is 0.191. The predicted molar refractivity (Wildman–Crippen MR) is 127 cm³/mol. The normalized spacial score (nSPS) is 10.9. The van der Waals surface area contributed by atoms with Crippen LogP contribution in [-0.2, 0) is 0 Å². The molecule has 0 aliphatic heterocycles. The first-order chi connectivity index (χ1) is 15.2. The quantitative estimate of drug-likeness (QED) is 0.356. The lowest BCUT2D eigenvalue weighted by Gasteiger charge is -2.09. The summed E-state index contributed by atoms with van der Waals surface area (Å²) in [6.45, 7) is 2.02. The van der Waals surface area contributed by atoms with Gasteiger partial charge in [-0.1, -0.05) is 78.9 Å². The van der Waals surface area contributed by atoms with Crippen molar-refractivity contribution in [3.8, 4) is 22.5 Å². The molecule has 0 saturated carbocycles. The van der Waals surface area contributed by atoms with Crippen molar-refractivity contribution in [3.05, 3.63) is 101 Å². The lowest BCUT2D eigenvalue weighted by molar-refractivity contribution is 0.102. The number of carbonyl (C=O) groups is 1. The molecule has 5 rings (SSSR count). The van der Waals surface area contributed by atoms with Crippen LogP contribution in [0.5, 0.6) is 0 Å². The van der Waals surface area contributed by atoms with E-state index in [0.717, 1.165) is 38.3 Å². The third-order valence-corrected chi connectivity index (χ3v) is 5.98. The van der Waals surface area contributed by atoms with E-state index < -0.39 is 0 Å². The van der Waals surface area contributed by atoms with Crippen molar-refractivity contribution in [2.24, 2.45) is 0 Å². The lowest BCUT2D eigenvalue weighted by atomic mass is 10.0. The van der Waals surface area contributed by atoms with Gasteiger partial charge in [0.2, 0.25) is 0 Å². The van der Waals surface area contributed by atoms with Gasteiger partial charge in [-0.25, -0.2) is 9.97 Å². The first-order valence-electron chi connectivity index (χ1n) is 9.98. The molecule has 1 amide bonds. The Morgan fingerprint density at radius 1 is 0.806 bits per heavy atom. The van der Waals surface area contributed by atoms with Gasteiger partial charge in [-0.3, -0.25) is 10.1 Å². The van der Waals surface area contributed by atoms with Crippen molar-refractivity contribution in [1.29, 1.82) is 0 Å². The number of hydrogen-bond donors (Lipinski definition) is 1. The highest BCUT2D eigenvalue weighted by atomic mass is 32.1. The van der Waals surface area contributed by atoms with Crippen molar-refractivity contribution in [3.63, 3.8) is 0 Å². The highest BCUT2D eigenvalue weighted by Crippen LogP contribution is 2.31. The Kier molecular flexibility index (Phi) is 5.02. The third-order valence-electron chi connectivity index (χ3n) is 5.09. The lowest BCUT2D eigenvalue weighted by Crippen LogP contribution is -2.13. The van der Waals surface area contributed by atoms with Gasteiger partial charge in [-0.2, -0.15) is 0 Å². The molecule has 2 heterocycles. The molecule has 0 aliphatic carbocycles. The molecule has 0 saturated heterocycles. The van der Waals surface area contributed by atoms with Crippen LogP contribution in [0.4, 0.5) is 5.13 Å². The van der Waals surface area contributed by atoms with Crippen molar-refractivity contribution >= 4 is 33.3 Å². The fraction of sp³-hybridized carbons (Fsp3) is 0.0385. The first kappa shape index (κ1) is 19.2. The number of amides is 1. The predicted octanol–water partition coefficient (Wildman–Crippen LogP) is 6.59. The number of carbonyl (C=O) groups excluding carboxylic acids is 1. The van der Waals surface area contributed by atoms with Crippen LogP contribution in [0.1, 0.15) is 15.2 Å². The number of para-hydroxylation sites is 1. The number of benzene rings is 3. The van der Waals surface area contributed by atoms with E-state index in [0.29, 0.717) is 10.7 Å². The Morgan fingerprint density at radius 3 is 2.19 bits per heavy atom. The fourth-order valence-corrected chi connectivity index (χ4v) is 4.43. The van der Waals surface area contributed by atoms with Crippen LogP contribution in [0.2, 0.25) is 0 Å². The van der Waals surface area contributed by atoms with E-state index in [1.807, 2.05) is 97.9 Å². The summed E-state index contributed by atoms with van der Waals surface area (Å²) >= 11 is 1.48. The van der Waals surface area contributed by atoms with Crippen LogP contribution < -0.4 is 5.32 Å². The molecule has 0 unspecified atom stereocenters. The SMILES string of the molecule is Cc1sc(NC(=O)c2cc(-c3ccccc3)nc3ccccc23)nc1-c1ccccc1. The van der Waals surface area contributed by atoms with Crippen LogP contribution in [0.25, 0.3) is 33.4 Å². The fourth-order valence-electron chi connectivity index (χ4n) is 3.60. The number of nitrogens with zero attached hydrogens (tertiary/aromatic N) is 2. The van der Waals surface area contributed by atoms with Crippen molar-refractivity contribution < 1.29 is 4.79 Å². The van der Waals surface area contributed by atoms with Gasteiger partial charge in [0.1, 0.15) is 0 Å². The molecule has 0 bridgehead atoms. The van der Waals surface area contributed by atoms with Gasteiger partial charge >= 0.3 is 0 Å². The average Bonchev–Trinajstić information content (AvgIpc) is 3.19. The molecule has 0 atom stereocenters. The van der Waals surface area contributed by atoms with Gasteiger partial charge in [0.15, 0.2) is 5.13 Å². The molecule has 4 nitrogen and oxygen atoms in total. The van der Waals surface area contributed by atoms with E-state index in [9.17, 15) is 4.79 Å². The number of anilines is 1. The van der Waals surface area contributed by atoms with Crippen LogP contribution in [0, 0.1) is 6.92 Å². The van der Waals surface area contributed by atoms with Crippen molar-refractivity contribution in [2.75, 3.05) is 5.32 Å². The largest absolute Gasteiger partial charge is 0.298 e.